The summed E-state index contributed by atoms with van der Waals surface area (Å²) < 4.78 is 0. The second-order valence-corrected chi connectivity index (χ2v) is 9.26. The Balaban J connectivity index is 1.31. The van der Waals surface area contributed by atoms with Gasteiger partial charge in [-0.25, -0.2) is 9.97 Å². The molecule has 0 radical (unpaired) electrons. The zero-order chi connectivity index (χ0) is 19.6. The number of benzene rings is 1. The van der Waals surface area contributed by atoms with Crippen LogP contribution in [-0.2, 0) is 0 Å². The molecule has 4 heterocycles. The van der Waals surface area contributed by atoms with Crippen molar-refractivity contribution in [1.82, 2.24) is 20.2 Å². The predicted molar refractivity (Wildman–Crippen MR) is 122 cm³/mol. The Morgan fingerprint density at radius 1 is 0.931 bits per heavy atom. The first-order chi connectivity index (χ1) is 14.3. The Kier molecular flexibility index (Phi) is 5.48. The maximum absolute atomic E-state index is 4.73. The normalized spacial score (nSPS) is 19.8. The predicted octanol–water partition coefficient (Wildman–Crippen LogP) is 4.01. The Morgan fingerprint density at radius 3 is 2.34 bits per heavy atom. The fraction of sp³-hybridized carbons (Fsp3) is 0.478. The average Bonchev–Trinajstić information content (AvgIpc) is 3.21. The summed E-state index contributed by atoms with van der Waals surface area (Å²) in [7, 11) is 2.23. The fourth-order valence-corrected chi connectivity index (χ4v) is 5.61. The molecule has 29 heavy (non-hydrogen) atoms. The first kappa shape index (κ1) is 19.0. The van der Waals surface area contributed by atoms with Crippen molar-refractivity contribution in [2.24, 2.45) is 0 Å². The van der Waals surface area contributed by atoms with Crippen molar-refractivity contribution in [3.05, 3.63) is 42.0 Å². The molecular weight excluding hydrogens is 378 g/mol. The van der Waals surface area contributed by atoms with Crippen LogP contribution in [0.3, 0.4) is 0 Å². The molecule has 0 aliphatic carbocycles. The highest BCUT2D eigenvalue weighted by molar-refractivity contribution is 7.17. The number of thiophene rings is 1. The molecule has 0 spiro atoms. The van der Waals surface area contributed by atoms with Crippen molar-refractivity contribution in [1.29, 1.82) is 0 Å². The molecule has 0 unspecified atom stereocenters. The summed E-state index contributed by atoms with van der Waals surface area (Å²) in [5.41, 5.74) is 2.50. The van der Waals surface area contributed by atoms with Crippen LogP contribution in [0, 0.1) is 0 Å². The monoisotopic (exact) mass is 407 g/mol. The van der Waals surface area contributed by atoms with E-state index in [4.69, 9.17) is 4.98 Å². The van der Waals surface area contributed by atoms with E-state index in [9.17, 15) is 0 Å². The molecular formula is C23H29N5S. The highest BCUT2D eigenvalue weighted by atomic mass is 32.1. The molecule has 2 aliphatic heterocycles. The van der Waals surface area contributed by atoms with E-state index < -0.39 is 0 Å². The number of piperidine rings is 2. The minimum Gasteiger partial charge on any atom is -0.356 e. The van der Waals surface area contributed by atoms with E-state index in [2.05, 4.69) is 62.9 Å². The highest BCUT2D eigenvalue weighted by Gasteiger charge is 2.26. The Bertz CT molecular complexity index is 940. The SMILES string of the molecule is CN1CCC(NC2CCN(c3ncnc4scc(-c5ccccc5)c34)CC2)CC1. The third-order valence-corrected chi connectivity index (χ3v) is 7.31. The lowest BCUT2D eigenvalue weighted by atomic mass is 9.99. The standard InChI is InChI=1S/C23H29N5S/c1-27-11-7-18(8-12-27)26-19-9-13-28(14-10-19)22-21-20(17-5-3-2-4-6-17)15-29-23(21)25-16-24-22/h2-6,15-16,18-19,26H,7-14H2,1H3. The van der Waals surface area contributed by atoms with Crippen molar-refractivity contribution < 1.29 is 0 Å². The topological polar surface area (TPSA) is 44.3 Å². The van der Waals surface area contributed by atoms with E-state index in [1.165, 1.54) is 55.3 Å². The van der Waals surface area contributed by atoms with Gasteiger partial charge in [-0.2, -0.15) is 0 Å². The lowest BCUT2D eigenvalue weighted by Gasteiger charge is -2.37. The van der Waals surface area contributed by atoms with Gasteiger partial charge < -0.3 is 15.1 Å². The summed E-state index contributed by atoms with van der Waals surface area (Å²) >= 11 is 1.72. The van der Waals surface area contributed by atoms with Crippen LogP contribution >= 0.6 is 11.3 Å². The first-order valence-electron chi connectivity index (χ1n) is 10.7. The molecule has 1 aromatic carbocycles. The van der Waals surface area contributed by atoms with Gasteiger partial charge in [-0.1, -0.05) is 30.3 Å². The molecule has 6 heteroatoms. The molecule has 0 atom stereocenters. The zero-order valence-corrected chi connectivity index (χ0v) is 17.9. The van der Waals surface area contributed by atoms with E-state index in [1.807, 2.05) is 0 Å². The molecule has 0 bridgehead atoms. The molecule has 1 N–H and O–H groups in total. The van der Waals surface area contributed by atoms with Gasteiger partial charge in [-0.15, -0.1) is 11.3 Å². The number of nitrogens with one attached hydrogen (secondary N) is 1. The quantitative estimate of drug-likeness (QED) is 0.708. The highest BCUT2D eigenvalue weighted by Crippen LogP contribution is 2.38. The van der Waals surface area contributed by atoms with Crippen LogP contribution in [-0.4, -0.2) is 60.2 Å². The van der Waals surface area contributed by atoms with Crippen LogP contribution in [0.1, 0.15) is 25.7 Å². The molecule has 0 saturated carbocycles. The molecule has 3 aromatic rings. The van der Waals surface area contributed by atoms with Crippen LogP contribution in [0.5, 0.6) is 0 Å². The Hall–Kier alpha value is -2.02. The number of nitrogens with zero attached hydrogens (tertiary/aromatic N) is 4. The Labute approximate surface area is 176 Å². The van der Waals surface area contributed by atoms with Gasteiger partial charge >= 0.3 is 0 Å². The lowest BCUT2D eigenvalue weighted by molar-refractivity contribution is 0.217. The minimum atomic E-state index is 0.632. The number of hydrogen-bond acceptors (Lipinski definition) is 6. The number of fused-ring (bicyclic) bond motifs is 1. The van der Waals surface area contributed by atoms with Crippen LogP contribution in [0.2, 0.25) is 0 Å². The summed E-state index contributed by atoms with van der Waals surface area (Å²) in [5, 5.41) is 7.38. The summed E-state index contributed by atoms with van der Waals surface area (Å²) in [6.45, 7) is 4.55. The number of rotatable bonds is 4. The molecule has 2 aromatic heterocycles. The van der Waals surface area contributed by atoms with Crippen LogP contribution in [0.4, 0.5) is 5.82 Å². The van der Waals surface area contributed by atoms with E-state index in [1.54, 1.807) is 17.7 Å². The molecule has 2 aliphatic rings. The van der Waals surface area contributed by atoms with Crippen LogP contribution < -0.4 is 10.2 Å². The van der Waals surface area contributed by atoms with Gasteiger partial charge in [0.05, 0.1) is 5.39 Å². The van der Waals surface area contributed by atoms with E-state index >= 15 is 0 Å². The molecule has 2 saturated heterocycles. The first-order valence-corrected chi connectivity index (χ1v) is 11.6. The number of aromatic nitrogens is 2. The average molecular weight is 408 g/mol. The number of hydrogen-bond donors (Lipinski definition) is 1. The molecule has 5 nitrogen and oxygen atoms in total. The minimum absolute atomic E-state index is 0.632. The van der Waals surface area contributed by atoms with Gasteiger partial charge in [0.15, 0.2) is 0 Å². The van der Waals surface area contributed by atoms with Crippen molar-refractivity contribution in [2.75, 3.05) is 38.1 Å². The van der Waals surface area contributed by atoms with Crippen molar-refractivity contribution >= 4 is 27.4 Å². The summed E-state index contributed by atoms with van der Waals surface area (Å²) in [6, 6.07) is 11.9. The fourth-order valence-electron chi connectivity index (χ4n) is 4.70. The van der Waals surface area contributed by atoms with Gasteiger partial charge in [0.1, 0.15) is 17.0 Å². The van der Waals surface area contributed by atoms with Crippen LogP contribution in [0.25, 0.3) is 21.3 Å². The maximum atomic E-state index is 4.73. The summed E-state index contributed by atoms with van der Waals surface area (Å²) in [4.78, 5) is 15.3. The van der Waals surface area contributed by atoms with Gasteiger partial charge in [0.25, 0.3) is 0 Å². The lowest BCUT2D eigenvalue weighted by Crippen LogP contribution is -2.49. The maximum Gasteiger partial charge on any atom is 0.141 e. The Morgan fingerprint density at radius 2 is 1.62 bits per heavy atom. The second kappa shape index (κ2) is 8.38. The molecule has 2 fully saturated rings. The number of likely N-dealkylation sites (tertiary alicyclic amines) is 1. The zero-order valence-electron chi connectivity index (χ0n) is 17.1. The summed E-state index contributed by atoms with van der Waals surface area (Å²) in [6.07, 6.45) is 6.65. The van der Waals surface area contributed by atoms with Gasteiger partial charge in [-0.05, 0) is 51.4 Å². The molecule has 0 amide bonds. The van der Waals surface area contributed by atoms with E-state index in [-0.39, 0.29) is 0 Å². The van der Waals surface area contributed by atoms with Crippen molar-refractivity contribution in [3.8, 4) is 11.1 Å². The van der Waals surface area contributed by atoms with E-state index in [0.29, 0.717) is 12.1 Å². The second-order valence-electron chi connectivity index (χ2n) is 8.40. The van der Waals surface area contributed by atoms with Crippen LogP contribution in [0.15, 0.2) is 42.0 Å². The summed E-state index contributed by atoms with van der Waals surface area (Å²) in [5.74, 6) is 1.10. The van der Waals surface area contributed by atoms with Crippen molar-refractivity contribution in [3.63, 3.8) is 0 Å². The van der Waals surface area contributed by atoms with Gasteiger partial charge in [0, 0.05) is 36.1 Å². The molecule has 5 rings (SSSR count). The third kappa shape index (κ3) is 4.02. The smallest absolute Gasteiger partial charge is 0.141 e. The number of anilines is 1. The molecule has 152 valence electrons. The van der Waals surface area contributed by atoms with E-state index in [0.717, 1.165) is 23.7 Å². The van der Waals surface area contributed by atoms with Gasteiger partial charge in [-0.3, -0.25) is 0 Å². The van der Waals surface area contributed by atoms with Gasteiger partial charge in [0.2, 0.25) is 0 Å². The largest absolute Gasteiger partial charge is 0.356 e. The third-order valence-electron chi connectivity index (χ3n) is 6.42. The van der Waals surface area contributed by atoms with Crippen molar-refractivity contribution in [2.45, 2.75) is 37.8 Å².